The van der Waals surface area contributed by atoms with Gasteiger partial charge < -0.3 is 10.6 Å². The van der Waals surface area contributed by atoms with Crippen LogP contribution in [0.4, 0.5) is 0 Å². The van der Waals surface area contributed by atoms with Crippen LogP contribution < -0.4 is 10.6 Å². The molecule has 2 fully saturated rings. The van der Waals surface area contributed by atoms with Crippen molar-refractivity contribution in [3.05, 3.63) is 0 Å². The Balaban J connectivity index is 1.64. The lowest BCUT2D eigenvalue weighted by Crippen LogP contribution is -2.33. The van der Waals surface area contributed by atoms with Gasteiger partial charge >= 0.3 is 0 Å². The standard InChI is InChI=1S/C11H20N2OS/c1-15-11(3-4-11)8-13-10(14)6-9-2-5-12-7-9/h9,12H,2-8H2,1H3,(H,13,14). The summed E-state index contributed by atoms with van der Waals surface area (Å²) in [6.07, 6.45) is 6.53. The molecule has 0 aromatic rings. The molecule has 15 heavy (non-hydrogen) atoms. The molecule has 1 atom stereocenters. The molecule has 3 nitrogen and oxygen atoms in total. The van der Waals surface area contributed by atoms with E-state index in [2.05, 4.69) is 16.9 Å². The maximum Gasteiger partial charge on any atom is 0.220 e. The highest BCUT2D eigenvalue weighted by Gasteiger charge is 2.41. The Hall–Kier alpha value is -0.220. The van der Waals surface area contributed by atoms with Gasteiger partial charge in [0.25, 0.3) is 0 Å². The molecule has 2 rings (SSSR count). The van der Waals surface area contributed by atoms with Gasteiger partial charge in [0.2, 0.25) is 5.91 Å². The number of hydrogen-bond acceptors (Lipinski definition) is 3. The molecule has 1 aliphatic heterocycles. The zero-order valence-electron chi connectivity index (χ0n) is 9.34. The molecule has 0 spiro atoms. The summed E-state index contributed by atoms with van der Waals surface area (Å²) in [5.41, 5.74) is 0. The van der Waals surface area contributed by atoms with Crippen LogP contribution in [0, 0.1) is 5.92 Å². The van der Waals surface area contributed by atoms with Crippen molar-refractivity contribution in [3.8, 4) is 0 Å². The fraction of sp³-hybridized carbons (Fsp3) is 0.909. The molecule has 1 aliphatic carbocycles. The summed E-state index contributed by atoms with van der Waals surface area (Å²) in [7, 11) is 0. The molecule has 1 saturated carbocycles. The first-order valence-corrected chi connectivity index (χ1v) is 6.99. The molecule has 1 heterocycles. The molecule has 0 aromatic heterocycles. The highest BCUT2D eigenvalue weighted by atomic mass is 32.2. The Bertz CT molecular complexity index is 235. The Morgan fingerprint density at radius 1 is 1.60 bits per heavy atom. The van der Waals surface area contributed by atoms with E-state index in [0.29, 0.717) is 17.1 Å². The molecule has 4 heteroatoms. The van der Waals surface area contributed by atoms with E-state index in [4.69, 9.17) is 0 Å². The topological polar surface area (TPSA) is 41.1 Å². The van der Waals surface area contributed by atoms with Gasteiger partial charge in [-0.3, -0.25) is 4.79 Å². The van der Waals surface area contributed by atoms with Crippen LogP contribution in [-0.2, 0) is 4.79 Å². The number of thioether (sulfide) groups is 1. The van der Waals surface area contributed by atoms with E-state index in [1.807, 2.05) is 11.8 Å². The lowest BCUT2D eigenvalue weighted by molar-refractivity contribution is -0.121. The number of rotatable bonds is 5. The van der Waals surface area contributed by atoms with E-state index < -0.39 is 0 Å². The van der Waals surface area contributed by atoms with Crippen molar-refractivity contribution >= 4 is 17.7 Å². The molecule has 0 bridgehead atoms. The van der Waals surface area contributed by atoms with Crippen LogP contribution in [0.3, 0.4) is 0 Å². The van der Waals surface area contributed by atoms with E-state index in [9.17, 15) is 4.79 Å². The second-order valence-corrected chi connectivity index (χ2v) is 6.00. The summed E-state index contributed by atoms with van der Waals surface area (Å²) in [5.74, 6) is 0.804. The minimum atomic E-state index is 0.240. The number of hydrogen-bond donors (Lipinski definition) is 2. The summed E-state index contributed by atoms with van der Waals surface area (Å²) in [6.45, 7) is 2.96. The summed E-state index contributed by atoms with van der Waals surface area (Å²) >= 11 is 1.90. The number of carbonyl (C=O) groups is 1. The maximum atomic E-state index is 11.6. The monoisotopic (exact) mass is 228 g/mol. The number of nitrogens with one attached hydrogen (secondary N) is 2. The van der Waals surface area contributed by atoms with Crippen LogP contribution in [0.25, 0.3) is 0 Å². The van der Waals surface area contributed by atoms with Crippen LogP contribution in [0.1, 0.15) is 25.7 Å². The zero-order valence-corrected chi connectivity index (χ0v) is 10.2. The predicted octanol–water partition coefficient (Wildman–Crippen LogP) is 0.998. The van der Waals surface area contributed by atoms with Crippen molar-refractivity contribution in [1.29, 1.82) is 0 Å². The van der Waals surface area contributed by atoms with E-state index in [1.165, 1.54) is 12.8 Å². The van der Waals surface area contributed by atoms with E-state index in [0.717, 1.165) is 26.1 Å². The van der Waals surface area contributed by atoms with Crippen LogP contribution in [0.5, 0.6) is 0 Å². The van der Waals surface area contributed by atoms with Gasteiger partial charge in [0.05, 0.1) is 0 Å². The van der Waals surface area contributed by atoms with Gasteiger partial charge in [0.1, 0.15) is 0 Å². The molecule has 2 N–H and O–H groups in total. The van der Waals surface area contributed by atoms with Gasteiger partial charge in [-0.2, -0.15) is 11.8 Å². The second kappa shape index (κ2) is 4.74. The zero-order chi connectivity index (χ0) is 10.7. The minimum Gasteiger partial charge on any atom is -0.355 e. The fourth-order valence-corrected chi connectivity index (χ4v) is 2.80. The van der Waals surface area contributed by atoms with Crippen LogP contribution in [-0.4, -0.2) is 36.5 Å². The van der Waals surface area contributed by atoms with Crippen LogP contribution in [0.2, 0.25) is 0 Å². The molecule has 1 saturated heterocycles. The minimum absolute atomic E-state index is 0.240. The number of amides is 1. The molecular formula is C11H20N2OS. The molecule has 2 aliphatic rings. The van der Waals surface area contributed by atoms with Crippen molar-refractivity contribution in [3.63, 3.8) is 0 Å². The molecule has 86 valence electrons. The first-order chi connectivity index (χ1) is 7.24. The van der Waals surface area contributed by atoms with Gasteiger partial charge in [-0.05, 0) is 44.5 Å². The highest BCUT2D eigenvalue weighted by Crippen LogP contribution is 2.46. The first kappa shape index (κ1) is 11.3. The molecular weight excluding hydrogens is 208 g/mol. The average Bonchev–Trinajstić information content (AvgIpc) is 2.86. The lowest BCUT2D eigenvalue weighted by atomic mass is 10.0. The third kappa shape index (κ3) is 3.11. The van der Waals surface area contributed by atoms with Crippen molar-refractivity contribution < 1.29 is 4.79 Å². The number of carbonyl (C=O) groups excluding carboxylic acids is 1. The second-order valence-electron chi connectivity index (χ2n) is 4.73. The van der Waals surface area contributed by atoms with Crippen LogP contribution >= 0.6 is 11.8 Å². The molecule has 1 unspecified atom stereocenters. The predicted molar refractivity (Wildman–Crippen MR) is 64.1 cm³/mol. The van der Waals surface area contributed by atoms with E-state index in [-0.39, 0.29) is 5.91 Å². The van der Waals surface area contributed by atoms with Gasteiger partial charge in [0, 0.05) is 17.7 Å². The Morgan fingerprint density at radius 3 is 2.93 bits per heavy atom. The summed E-state index contributed by atoms with van der Waals surface area (Å²) in [6, 6.07) is 0. The Morgan fingerprint density at radius 2 is 2.40 bits per heavy atom. The molecule has 0 aromatic carbocycles. The maximum absolute atomic E-state index is 11.6. The normalized spacial score (nSPS) is 27.7. The average molecular weight is 228 g/mol. The largest absolute Gasteiger partial charge is 0.355 e. The van der Waals surface area contributed by atoms with Gasteiger partial charge in [-0.1, -0.05) is 0 Å². The lowest BCUT2D eigenvalue weighted by Gasteiger charge is -2.14. The third-order valence-corrected chi connectivity index (χ3v) is 4.90. The third-order valence-electron chi connectivity index (χ3n) is 3.48. The quantitative estimate of drug-likeness (QED) is 0.737. The Labute approximate surface area is 95.8 Å². The van der Waals surface area contributed by atoms with Crippen molar-refractivity contribution in [2.75, 3.05) is 25.9 Å². The molecule has 0 radical (unpaired) electrons. The first-order valence-electron chi connectivity index (χ1n) is 5.77. The van der Waals surface area contributed by atoms with Crippen molar-refractivity contribution in [1.82, 2.24) is 10.6 Å². The van der Waals surface area contributed by atoms with E-state index in [1.54, 1.807) is 0 Å². The van der Waals surface area contributed by atoms with Crippen molar-refractivity contribution in [2.24, 2.45) is 5.92 Å². The fourth-order valence-electron chi connectivity index (χ4n) is 2.08. The van der Waals surface area contributed by atoms with Crippen LogP contribution in [0.15, 0.2) is 0 Å². The molecule has 1 amide bonds. The summed E-state index contributed by atoms with van der Waals surface area (Å²) in [4.78, 5) is 11.6. The Kier molecular flexibility index (Phi) is 3.57. The summed E-state index contributed by atoms with van der Waals surface area (Å²) in [5, 5.41) is 6.37. The van der Waals surface area contributed by atoms with E-state index >= 15 is 0 Å². The van der Waals surface area contributed by atoms with Gasteiger partial charge in [-0.15, -0.1) is 0 Å². The smallest absolute Gasteiger partial charge is 0.220 e. The van der Waals surface area contributed by atoms with Gasteiger partial charge in [-0.25, -0.2) is 0 Å². The highest BCUT2D eigenvalue weighted by molar-refractivity contribution is 8.00. The summed E-state index contributed by atoms with van der Waals surface area (Å²) < 4.78 is 0.392. The van der Waals surface area contributed by atoms with Gasteiger partial charge in [0.15, 0.2) is 0 Å². The van der Waals surface area contributed by atoms with Crippen molar-refractivity contribution in [2.45, 2.75) is 30.4 Å². The SMILES string of the molecule is CSC1(CNC(=O)CC2CCNC2)CC1.